The third-order valence-corrected chi connectivity index (χ3v) is 5.82. The van der Waals surface area contributed by atoms with Crippen molar-refractivity contribution in [2.24, 2.45) is 14.1 Å². The summed E-state index contributed by atoms with van der Waals surface area (Å²) in [5.41, 5.74) is 5.91. The Morgan fingerprint density at radius 3 is 2.47 bits per heavy atom. The summed E-state index contributed by atoms with van der Waals surface area (Å²) in [6.07, 6.45) is 1.27. The molecule has 0 bridgehead atoms. The smallest absolute Gasteiger partial charge is 0.332 e. The van der Waals surface area contributed by atoms with Crippen molar-refractivity contribution in [1.29, 1.82) is 0 Å². The first-order chi connectivity index (χ1) is 15.1. The molecule has 0 aliphatic carbocycles. The number of carbonyl (C=O) groups excluding carboxylic acids is 2. The SMILES string of the molecule is C=CN(CC(=O)Nc1nc(-c2ccccc2)c(C(C)=O)s1)c1c(N)n(C)c(=O)n(C)c1=O. The number of carbonyl (C=O) groups is 2. The number of benzene rings is 1. The van der Waals surface area contributed by atoms with Crippen LogP contribution in [0.5, 0.6) is 0 Å². The molecule has 0 saturated carbocycles. The van der Waals surface area contributed by atoms with Gasteiger partial charge in [0.25, 0.3) is 5.56 Å². The van der Waals surface area contributed by atoms with Gasteiger partial charge in [-0.05, 0) is 6.20 Å². The Kier molecular flexibility index (Phi) is 6.40. The van der Waals surface area contributed by atoms with E-state index in [9.17, 15) is 19.2 Å². The van der Waals surface area contributed by atoms with Gasteiger partial charge in [-0.15, -0.1) is 0 Å². The lowest BCUT2D eigenvalue weighted by molar-refractivity contribution is -0.114. The van der Waals surface area contributed by atoms with Crippen LogP contribution in [0, 0.1) is 0 Å². The third-order valence-electron chi connectivity index (χ3n) is 4.75. The Hall–Kier alpha value is -3.99. The Bertz CT molecular complexity index is 1320. The number of ketones is 1. The van der Waals surface area contributed by atoms with Crippen molar-refractivity contribution in [3.8, 4) is 11.3 Å². The Morgan fingerprint density at radius 2 is 1.88 bits per heavy atom. The molecule has 3 aromatic rings. The molecule has 0 saturated heterocycles. The maximum atomic E-state index is 12.7. The maximum Gasteiger partial charge on any atom is 0.332 e. The number of nitrogens with two attached hydrogens (primary N) is 1. The van der Waals surface area contributed by atoms with Gasteiger partial charge in [0, 0.05) is 26.6 Å². The van der Waals surface area contributed by atoms with Crippen molar-refractivity contribution in [3.05, 3.63) is 68.8 Å². The minimum atomic E-state index is -0.655. The second kappa shape index (κ2) is 9.02. The van der Waals surface area contributed by atoms with Crippen molar-refractivity contribution >= 4 is 39.7 Å². The van der Waals surface area contributed by atoms with Crippen LogP contribution in [0.25, 0.3) is 11.3 Å². The highest BCUT2D eigenvalue weighted by molar-refractivity contribution is 7.18. The highest BCUT2D eigenvalue weighted by Crippen LogP contribution is 2.31. The lowest BCUT2D eigenvalue weighted by Crippen LogP contribution is -2.43. The van der Waals surface area contributed by atoms with Crippen LogP contribution in [0.3, 0.4) is 0 Å². The first kappa shape index (κ1) is 22.7. The van der Waals surface area contributed by atoms with Crippen LogP contribution in [0.1, 0.15) is 16.6 Å². The van der Waals surface area contributed by atoms with Crippen LogP contribution < -0.4 is 27.2 Å². The Balaban J connectivity index is 1.89. The second-order valence-corrected chi connectivity index (χ2v) is 7.92. The number of Topliss-reactive ketones (excluding diaryl/α,β-unsaturated/α-hetero) is 1. The summed E-state index contributed by atoms with van der Waals surface area (Å²) in [7, 11) is 2.74. The van der Waals surface area contributed by atoms with Gasteiger partial charge < -0.3 is 16.0 Å². The summed E-state index contributed by atoms with van der Waals surface area (Å²) < 4.78 is 2.00. The molecule has 11 heteroatoms. The maximum absolute atomic E-state index is 12.7. The molecule has 0 spiro atoms. The Morgan fingerprint density at radius 1 is 1.22 bits per heavy atom. The number of rotatable bonds is 7. The van der Waals surface area contributed by atoms with Crippen molar-refractivity contribution < 1.29 is 9.59 Å². The first-order valence-electron chi connectivity index (χ1n) is 9.47. The van der Waals surface area contributed by atoms with Gasteiger partial charge >= 0.3 is 5.69 Å². The molecule has 166 valence electrons. The lowest BCUT2D eigenvalue weighted by atomic mass is 10.1. The molecule has 0 aliphatic rings. The fraction of sp³-hybridized carbons (Fsp3) is 0.190. The van der Waals surface area contributed by atoms with Crippen LogP contribution in [0.15, 0.2) is 52.7 Å². The van der Waals surface area contributed by atoms with Crippen LogP contribution in [0.2, 0.25) is 0 Å². The van der Waals surface area contributed by atoms with Gasteiger partial charge in [0.2, 0.25) is 5.91 Å². The van der Waals surface area contributed by atoms with Gasteiger partial charge in [-0.1, -0.05) is 48.2 Å². The number of nitrogen functional groups attached to an aromatic ring is 1. The van der Waals surface area contributed by atoms with Crippen LogP contribution in [-0.2, 0) is 18.9 Å². The number of nitrogens with one attached hydrogen (secondary N) is 1. The number of anilines is 3. The van der Waals surface area contributed by atoms with E-state index < -0.39 is 17.2 Å². The lowest BCUT2D eigenvalue weighted by Gasteiger charge is -2.21. The molecule has 2 heterocycles. The molecule has 0 aliphatic heterocycles. The molecule has 3 rings (SSSR count). The van der Waals surface area contributed by atoms with E-state index in [1.165, 1.54) is 32.1 Å². The van der Waals surface area contributed by atoms with Gasteiger partial charge in [0.05, 0.1) is 10.6 Å². The average Bonchev–Trinajstić information content (AvgIpc) is 3.20. The fourth-order valence-electron chi connectivity index (χ4n) is 3.06. The van der Waals surface area contributed by atoms with E-state index >= 15 is 0 Å². The Labute approximate surface area is 187 Å². The minimum absolute atomic E-state index is 0.0479. The zero-order valence-corrected chi connectivity index (χ0v) is 18.6. The van der Waals surface area contributed by atoms with E-state index in [0.717, 1.165) is 26.0 Å². The summed E-state index contributed by atoms with van der Waals surface area (Å²) in [4.78, 5) is 55.5. The van der Waals surface area contributed by atoms with Crippen molar-refractivity contribution in [2.45, 2.75) is 6.92 Å². The van der Waals surface area contributed by atoms with Gasteiger partial charge in [0.15, 0.2) is 10.9 Å². The molecular weight excluding hydrogens is 432 g/mol. The van der Waals surface area contributed by atoms with Crippen LogP contribution >= 0.6 is 11.3 Å². The van der Waals surface area contributed by atoms with E-state index in [1.807, 2.05) is 30.3 Å². The van der Waals surface area contributed by atoms with Crippen LogP contribution in [0.4, 0.5) is 16.6 Å². The number of aromatic nitrogens is 3. The monoisotopic (exact) mass is 454 g/mol. The highest BCUT2D eigenvalue weighted by Gasteiger charge is 2.22. The highest BCUT2D eigenvalue weighted by atomic mass is 32.1. The van der Waals surface area contributed by atoms with E-state index in [4.69, 9.17) is 5.73 Å². The molecule has 1 aromatic carbocycles. The molecule has 0 atom stereocenters. The molecule has 3 N–H and O–H groups in total. The van der Waals surface area contributed by atoms with Crippen molar-refractivity contribution in [1.82, 2.24) is 14.1 Å². The van der Waals surface area contributed by atoms with Gasteiger partial charge in [-0.2, -0.15) is 0 Å². The van der Waals surface area contributed by atoms with Crippen molar-refractivity contribution in [2.75, 3.05) is 22.5 Å². The average molecular weight is 455 g/mol. The molecule has 0 unspecified atom stereocenters. The molecule has 32 heavy (non-hydrogen) atoms. The largest absolute Gasteiger partial charge is 0.383 e. The fourth-order valence-corrected chi connectivity index (χ4v) is 3.96. The van der Waals surface area contributed by atoms with Gasteiger partial charge in [0.1, 0.15) is 18.1 Å². The van der Waals surface area contributed by atoms with E-state index in [-0.39, 0.29) is 29.0 Å². The van der Waals surface area contributed by atoms with Crippen molar-refractivity contribution in [3.63, 3.8) is 0 Å². The number of nitrogens with zero attached hydrogens (tertiary/aromatic N) is 4. The normalized spacial score (nSPS) is 10.6. The number of hydrogen-bond donors (Lipinski definition) is 2. The standard InChI is InChI=1S/C21H22N6O4S/c1-5-27(16-18(22)25(3)21(31)26(4)19(16)30)11-14(29)23-20-24-15(17(32-20)12(2)28)13-9-7-6-8-10-13/h5-10H,1,11,22H2,2-4H3,(H,23,24,29). The molecule has 10 nitrogen and oxygen atoms in total. The zero-order valence-electron chi connectivity index (χ0n) is 17.8. The second-order valence-electron chi connectivity index (χ2n) is 6.92. The predicted octanol–water partition coefficient (Wildman–Crippen LogP) is 1.58. The zero-order chi connectivity index (χ0) is 23.6. The molecule has 2 aromatic heterocycles. The predicted molar refractivity (Wildman–Crippen MR) is 125 cm³/mol. The summed E-state index contributed by atoms with van der Waals surface area (Å²) >= 11 is 1.06. The van der Waals surface area contributed by atoms with E-state index in [0.29, 0.717) is 10.6 Å². The summed E-state index contributed by atoms with van der Waals surface area (Å²) in [6, 6.07) is 9.16. The first-order valence-corrected chi connectivity index (χ1v) is 10.3. The molecular formula is C21H22N6O4S. The summed E-state index contributed by atoms with van der Waals surface area (Å²) in [6.45, 7) is 4.76. The summed E-state index contributed by atoms with van der Waals surface area (Å²) in [5, 5.41) is 2.89. The van der Waals surface area contributed by atoms with Gasteiger partial charge in [-0.25, -0.2) is 9.78 Å². The minimum Gasteiger partial charge on any atom is -0.383 e. The molecule has 0 fully saturated rings. The quantitative estimate of drug-likeness (QED) is 0.518. The third kappa shape index (κ3) is 4.23. The number of amides is 1. The number of hydrogen-bond acceptors (Lipinski definition) is 8. The van der Waals surface area contributed by atoms with E-state index in [1.54, 1.807) is 0 Å². The molecule has 0 radical (unpaired) electrons. The van der Waals surface area contributed by atoms with E-state index in [2.05, 4.69) is 16.9 Å². The summed E-state index contributed by atoms with van der Waals surface area (Å²) in [5.74, 6) is -0.773. The van der Waals surface area contributed by atoms with Crippen LogP contribution in [-0.4, -0.2) is 32.4 Å². The number of thiazole rings is 1. The molecule has 1 amide bonds. The van der Waals surface area contributed by atoms with Gasteiger partial charge in [-0.3, -0.25) is 23.5 Å². The topological polar surface area (TPSA) is 132 Å².